The molecule has 4 rings (SSSR count). The summed E-state index contributed by atoms with van der Waals surface area (Å²) >= 11 is 0. The predicted octanol–water partition coefficient (Wildman–Crippen LogP) is 15.0. The predicted molar refractivity (Wildman–Crippen MR) is 280 cm³/mol. The van der Waals surface area contributed by atoms with Crippen molar-refractivity contribution < 1.29 is 29.0 Å². The Kier molecular flexibility index (Phi) is 21.6. The normalized spacial score (nSPS) is 31.3. The first-order chi connectivity index (χ1) is 28.5. The molecule has 0 aromatic rings. The Bertz CT molecular complexity index is 1380. The number of carbonyl (C=O) groups excluding carboxylic acids is 1. The molecule has 2 unspecified atom stereocenters. The molecule has 4 aliphatic rings. The third kappa shape index (κ3) is 15.7. The lowest BCUT2D eigenvalue weighted by Crippen LogP contribution is -2.51. The zero-order chi connectivity index (χ0) is 48.7. The van der Waals surface area contributed by atoms with E-state index >= 15 is 0 Å². The summed E-state index contributed by atoms with van der Waals surface area (Å²) in [6.45, 7) is 45.6. The summed E-state index contributed by atoms with van der Waals surface area (Å²) in [7, 11) is -2.49. The minimum Gasteiger partial charge on any atom is -0.414 e. The van der Waals surface area contributed by atoms with Crippen LogP contribution >= 0.6 is 8.58 Å². The average molecular weight is 942 g/mol. The zero-order valence-corrected chi connectivity index (χ0v) is 48.5. The minimum atomic E-state index is -1.79. The number of aliphatic hydroxyl groups excluding tert-OH is 1. The maximum absolute atomic E-state index is 11.7. The molecular weight excluding hydrogens is 832 g/mol. The van der Waals surface area contributed by atoms with Gasteiger partial charge in [-0.1, -0.05) is 94.9 Å². The van der Waals surface area contributed by atoms with Gasteiger partial charge in [-0.2, -0.15) is 0 Å². The van der Waals surface area contributed by atoms with E-state index in [9.17, 15) is 20.1 Å². The van der Waals surface area contributed by atoms with Gasteiger partial charge in [0.15, 0.2) is 16.6 Å². The summed E-state index contributed by atoms with van der Waals surface area (Å²) in [6.07, 6.45) is 21.7. The topological polar surface area (TPSA) is 96.2 Å². The van der Waals surface area contributed by atoms with Crippen LogP contribution in [0.5, 0.6) is 0 Å². The molecule has 63 heavy (non-hydrogen) atoms. The Morgan fingerprint density at radius 3 is 1.25 bits per heavy atom. The second kappa shape index (κ2) is 22.8. The maximum Gasteiger partial charge on any atom is 0.192 e. The highest BCUT2D eigenvalue weighted by atomic mass is 31.1. The van der Waals surface area contributed by atoms with Crippen LogP contribution in [0.15, 0.2) is 0 Å². The highest BCUT2D eigenvalue weighted by molar-refractivity contribution is 7.35. The van der Waals surface area contributed by atoms with Crippen molar-refractivity contribution in [2.24, 2.45) is 45.3 Å². The summed E-state index contributed by atoms with van der Waals surface area (Å²) in [5, 5.41) is 30.8. The lowest BCUT2D eigenvalue weighted by molar-refractivity contribution is -0.112. The number of aldehydes is 1. The molecule has 4 aliphatic carbocycles. The van der Waals surface area contributed by atoms with Gasteiger partial charge < -0.3 is 29.0 Å². The van der Waals surface area contributed by atoms with E-state index in [1.165, 1.54) is 64.2 Å². The molecule has 3 N–H and O–H groups in total. The fourth-order valence-corrected chi connectivity index (χ4v) is 15.9. The Morgan fingerprint density at radius 1 is 0.587 bits per heavy atom. The molecule has 10 atom stereocenters. The molecular formula is C54H109O6PSi2. The van der Waals surface area contributed by atoms with Gasteiger partial charge >= 0.3 is 0 Å². The number of hydrogen-bond donors (Lipinski definition) is 3. The second-order valence-corrected chi connectivity index (χ2v) is 37.6. The van der Waals surface area contributed by atoms with Gasteiger partial charge in [0.05, 0.1) is 11.2 Å². The Labute approximate surface area is 396 Å². The number of carbonyl (C=O) groups is 1. The number of aliphatic hydroxyl groups is 3. The van der Waals surface area contributed by atoms with Crippen LogP contribution in [0.4, 0.5) is 0 Å². The summed E-state index contributed by atoms with van der Waals surface area (Å²) in [5.74, 6) is 2.46. The monoisotopic (exact) mass is 941 g/mol. The highest BCUT2D eigenvalue weighted by Crippen LogP contribution is 2.65. The molecule has 0 bridgehead atoms. The van der Waals surface area contributed by atoms with Crippen molar-refractivity contribution in [2.75, 3.05) is 19.9 Å². The number of fused-ring (bicyclic) bond motifs is 2. The zero-order valence-electron chi connectivity index (χ0n) is 45.5. The van der Waals surface area contributed by atoms with Gasteiger partial charge in [-0.05, 0) is 206 Å². The quantitative estimate of drug-likeness (QED) is 0.0720. The van der Waals surface area contributed by atoms with Gasteiger partial charge in [-0.25, -0.2) is 0 Å². The molecule has 0 aliphatic heterocycles. The molecule has 4 saturated carbocycles. The van der Waals surface area contributed by atoms with E-state index < -0.39 is 27.8 Å². The summed E-state index contributed by atoms with van der Waals surface area (Å²) < 4.78 is 14.0. The second-order valence-electron chi connectivity index (χ2n) is 27.1. The van der Waals surface area contributed by atoms with E-state index in [-0.39, 0.29) is 32.9 Å². The van der Waals surface area contributed by atoms with Crippen LogP contribution in [-0.4, -0.2) is 81.6 Å². The molecule has 0 saturated heterocycles. The van der Waals surface area contributed by atoms with Crippen LogP contribution in [0, 0.1) is 45.3 Å². The third-order valence-electron chi connectivity index (χ3n) is 18.6. The van der Waals surface area contributed by atoms with Crippen LogP contribution in [0.25, 0.3) is 0 Å². The molecule has 0 amide bonds. The molecule has 0 spiro atoms. The van der Waals surface area contributed by atoms with Gasteiger partial charge in [0.25, 0.3) is 0 Å². The van der Waals surface area contributed by atoms with Crippen molar-refractivity contribution in [3.63, 3.8) is 0 Å². The van der Waals surface area contributed by atoms with Crippen LogP contribution in [0.1, 0.15) is 213 Å². The molecule has 4 fully saturated rings. The largest absolute Gasteiger partial charge is 0.414 e. The first-order valence-corrected chi connectivity index (χ1v) is 33.8. The van der Waals surface area contributed by atoms with Gasteiger partial charge in [0, 0.05) is 25.2 Å². The minimum absolute atomic E-state index is 0.0232. The molecule has 0 heterocycles. The van der Waals surface area contributed by atoms with E-state index in [2.05, 4.69) is 109 Å². The molecule has 0 aromatic carbocycles. The van der Waals surface area contributed by atoms with E-state index in [1.807, 2.05) is 27.7 Å². The summed E-state index contributed by atoms with van der Waals surface area (Å²) in [4.78, 5) is 11.7. The highest BCUT2D eigenvalue weighted by Gasteiger charge is 2.59. The Balaban J connectivity index is 0.000000408. The van der Waals surface area contributed by atoms with Gasteiger partial charge in [0.1, 0.15) is 6.29 Å². The average Bonchev–Trinajstić information content (AvgIpc) is 3.65. The van der Waals surface area contributed by atoms with Crippen LogP contribution in [-0.2, 0) is 13.6 Å². The standard InChI is InChI=1S/C26H52O3Si.C26H50O3Si.C2H7P/c2*1-23(2,3)30(8,9)29-21-12-10-17-26(7)20(21)13-14-22(26)25(6,18-19-27)16-11-15-24(4,5)28;1-3-2/h20-22,27-28H,10-19H2,1-9H3;19-22,28H,10-18H2,1-9H3;3H,1-2H3/t2*20?,21-,22+,25+,26-;/m00./s1. The van der Waals surface area contributed by atoms with Crippen molar-refractivity contribution in [3.8, 4) is 0 Å². The fraction of sp³-hybridized carbons (Fsp3) is 0.981. The molecule has 9 heteroatoms. The van der Waals surface area contributed by atoms with Crippen LogP contribution in [0.3, 0.4) is 0 Å². The first-order valence-electron chi connectivity index (χ1n) is 26.0. The lowest BCUT2D eigenvalue weighted by atomic mass is 9.56. The van der Waals surface area contributed by atoms with E-state index in [1.54, 1.807) is 0 Å². The molecule has 374 valence electrons. The van der Waals surface area contributed by atoms with E-state index in [4.69, 9.17) is 8.85 Å². The fourth-order valence-electron chi connectivity index (χ4n) is 13.1. The van der Waals surface area contributed by atoms with Crippen molar-refractivity contribution in [1.29, 1.82) is 0 Å². The van der Waals surface area contributed by atoms with Crippen LogP contribution < -0.4 is 0 Å². The van der Waals surface area contributed by atoms with Crippen LogP contribution in [0.2, 0.25) is 36.3 Å². The van der Waals surface area contributed by atoms with Gasteiger partial charge in [0.2, 0.25) is 0 Å². The van der Waals surface area contributed by atoms with E-state index in [0.717, 1.165) is 59.8 Å². The van der Waals surface area contributed by atoms with Crippen molar-refractivity contribution in [3.05, 3.63) is 0 Å². The van der Waals surface area contributed by atoms with Crippen molar-refractivity contribution in [2.45, 2.75) is 272 Å². The van der Waals surface area contributed by atoms with Crippen molar-refractivity contribution >= 4 is 31.5 Å². The smallest absolute Gasteiger partial charge is 0.192 e. The Hall–Kier alpha value is 0.334. The van der Waals surface area contributed by atoms with Gasteiger partial charge in [-0.3, -0.25) is 0 Å². The molecule has 6 nitrogen and oxygen atoms in total. The van der Waals surface area contributed by atoms with E-state index in [0.29, 0.717) is 47.7 Å². The summed E-state index contributed by atoms with van der Waals surface area (Å²) in [5.41, 5.74) is -0.494. The van der Waals surface area contributed by atoms with Crippen molar-refractivity contribution in [1.82, 2.24) is 0 Å². The third-order valence-corrected chi connectivity index (χ3v) is 27.6. The number of hydrogen-bond acceptors (Lipinski definition) is 6. The lowest BCUT2D eigenvalue weighted by Gasteiger charge is -2.52. The first kappa shape index (κ1) is 59.5. The van der Waals surface area contributed by atoms with Gasteiger partial charge in [-0.15, -0.1) is 8.58 Å². The molecule has 0 radical (unpaired) electrons. The SMILES string of the molecule is CC(C)(O)CCC[C@](C)(CC=O)[C@H]1CCC2[C@@H](O[Si](C)(C)C(C)(C)C)CCC[C@@]21C.CC(C)(O)CCC[C@](C)(CCO)[C@H]1CCC2[C@@H](O[Si](C)(C)C(C)(C)C)CCC[C@@]21C.CPC. The molecule has 0 aromatic heterocycles. The number of rotatable bonds is 18. The maximum atomic E-state index is 11.7. The Morgan fingerprint density at radius 2 is 0.937 bits per heavy atom. The summed E-state index contributed by atoms with van der Waals surface area (Å²) in [6, 6.07) is 0.